The number of halogens is 2. The molecule has 1 nitrogen and oxygen atoms in total. The van der Waals surface area contributed by atoms with Crippen LogP contribution < -0.4 is 0 Å². The largest absolute Gasteiger partial charge is 0.276 e. The van der Waals surface area contributed by atoms with Gasteiger partial charge in [-0.05, 0) is 25.7 Å². The van der Waals surface area contributed by atoms with Crippen LogP contribution in [0.3, 0.4) is 0 Å². The summed E-state index contributed by atoms with van der Waals surface area (Å²) < 4.78 is 0.107. The van der Waals surface area contributed by atoms with Gasteiger partial charge in [0.05, 0.1) is 0 Å². The quantitative estimate of drug-likeness (QED) is 0.389. The molecule has 1 radical (unpaired) electrons. The van der Waals surface area contributed by atoms with Crippen molar-refractivity contribution in [3.05, 3.63) is 24.3 Å². The van der Waals surface area contributed by atoms with Crippen molar-refractivity contribution in [2.45, 2.75) is 25.7 Å². The van der Waals surface area contributed by atoms with Gasteiger partial charge in [0, 0.05) is 62.0 Å². The Labute approximate surface area is 117 Å². The van der Waals surface area contributed by atoms with Crippen LogP contribution in [-0.4, -0.2) is 1.80 Å². The summed E-state index contributed by atoms with van der Waals surface area (Å²) in [5.74, 6) is 0. The maximum atomic E-state index is 9.42. The predicted octanol–water partition coefficient (Wildman–Crippen LogP) is 4.65. The standard InChI is InChI=1S/C8H12.CI2O.Co/c1-2-4-6-8-7-5-3-1;2-1(3)4;/h1-4H,5-8H2;;. The van der Waals surface area contributed by atoms with Crippen LogP contribution in [0.25, 0.3) is 0 Å². The average Bonchev–Trinajstić information content (AvgIpc) is 1.82. The zero-order valence-electron chi connectivity index (χ0n) is 7.14. The van der Waals surface area contributed by atoms with E-state index in [-0.39, 0.29) is 18.6 Å². The third kappa shape index (κ3) is 19.5. The van der Waals surface area contributed by atoms with E-state index < -0.39 is 0 Å². The second kappa shape index (κ2) is 13.1. The van der Waals surface area contributed by atoms with Crippen molar-refractivity contribution in [1.82, 2.24) is 0 Å². The molecule has 0 atom stereocenters. The van der Waals surface area contributed by atoms with Crippen LogP contribution in [0.15, 0.2) is 24.3 Å². The molecule has 0 spiro atoms. The number of rotatable bonds is 0. The fraction of sp³-hybridized carbons (Fsp3) is 0.444. The number of carbonyl (C=O) groups is 1. The van der Waals surface area contributed by atoms with E-state index >= 15 is 0 Å². The Hall–Kier alpha value is 1.12. The Morgan fingerprint density at radius 2 is 1.31 bits per heavy atom. The molecule has 0 unspecified atom stereocenters. The van der Waals surface area contributed by atoms with Gasteiger partial charge in [0.1, 0.15) is 0 Å². The molecular formula is C9H12CoI2O. The molecule has 0 aliphatic heterocycles. The fourth-order valence-electron chi connectivity index (χ4n) is 0.874. The van der Waals surface area contributed by atoms with Gasteiger partial charge in [0.15, 0.2) is 0 Å². The van der Waals surface area contributed by atoms with Crippen molar-refractivity contribution in [2.75, 3.05) is 0 Å². The van der Waals surface area contributed by atoms with Crippen LogP contribution in [0.4, 0.5) is 4.79 Å². The second-order valence-electron chi connectivity index (χ2n) is 2.37. The van der Waals surface area contributed by atoms with Gasteiger partial charge < -0.3 is 0 Å². The number of hydrogen-bond donors (Lipinski definition) is 0. The third-order valence-corrected chi connectivity index (χ3v) is 1.37. The molecule has 0 N–H and O–H groups in total. The molecule has 13 heavy (non-hydrogen) atoms. The van der Waals surface area contributed by atoms with Crippen LogP contribution in [0, 0.1) is 0 Å². The molecular weight excluding hydrogens is 437 g/mol. The van der Waals surface area contributed by atoms with Gasteiger partial charge in [0.2, 0.25) is 0 Å². The summed E-state index contributed by atoms with van der Waals surface area (Å²) in [6.07, 6.45) is 14.0. The summed E-state index contributed by atoms with van der Waals surface area (Å²) in [5.41, 5.74) is 0. The maximum Gasteiger partial charge on any atom is 0.251 e. The fourth-order valence-corrected chi connectivity index (χ4v) is 0.874. The van der Waals surface area contributed by atoms with Gasteiger partial charge in [-0.1, -0.05) is 24.3 Å². The zero-order chi connectivity index (χ0) is 9.23. The molecule has 1 rings (SSSR count). The summed E-state index contributed by atoms with van der Waals surface area (Å²) >= 11 is 3.38. The average molecular weight is 449 g/mol. The first-order valence-electron chi connectivity index (χ1n) is 3.90. The summed E-state index contributed by atoms with van der Waals surface area (Å²) in [6, 6.07) is 0. The molecule has 1 aliphatic rings. The molecule has 0 heterocycles. The van der Waals surface area contributed by atoms with E-state index in [0.29, 0.717) is 0 Å². The Morgan fingerprint density at radius 1 is 1.00 bits per heavy atom. The van der Waals surface area contributed by atoms with E-state index in [1.54, 1.807) is 45.2 Å². The molecule has 0 fully saturated rings. The van der Waals surface area contributed by atoms with Gasteiger partial charge >= 0.3 is 0 Å². The van der Waals surface area contributed by atoms with Gasteiger partial charge in [-0.3, -0.25) is 4.79 Å². The minimum Gasteiger partial charge on any atom is -0.276 e. The number of allylic oxidation sites excluding steroid dienone is 4. The summed E-state index contributed by atoms with van der Waals surface area (Å²) in [6.45, 7) is 0. The Kier molecular flexibility index (Phi) is 16.7. The minimum absolute atomic E-state index is 0. The SMILES string of the molecule is C1=CCCCCC=C1.O=C(I)I.[Co]. The van der Waals surface area contributed by atoms with Crippen LogP contribution in [0.1, 0.15) is 25.7 Å². The molecule has 0 aromatic carbocycles. The van der Waals surface area contributed by atoms with Crippen LogP contribution in [0.2, 0.25) is 0 Å². The van der Waals surface area contributed by atoms with Gasteiger partial charge in [-0.15, -0.1) is 0 Å². The molecule has 4 heteroatoms. The maximum absolute atomic E-state index is 9.42. The topological polar surface area (TPSA) is 17.1 Å². The van der Waals surface area contributed by atoms with E-state index in [1.807, 2.05) is 0 Å². The Bertz CT molecular complexity index is 160. The molecule has 0 aromatic rings. The van der Waals surface area contributed by atoms with Gasteiger partial charge in [-0.25, -0.2) is 0 Å². The first-order chi connectivity index (χ1) is 5.73. The van der Waals surface area contributed by atoms with E-state index in [9.17, 15) is 4.79 Å². The van der Waals surface area contributed by atoms with Crippen molar-refractivity contribution in [3.8, 4) is 0 Å². The van der Waals surface area contributed by atoms with Crippen molar-refractivity contribution in [2.24, 2.45) is 0 Å². The van der Waals surface area contributed by atoms with Crippen LogP contribution in [-0.2, 0) is 16.8 Å². The Balaban J connectivity index is 0. The van der Waals surface area contributed by atoms with Crippen LogP contribution in [0.5, 0.6) is 0 Å². The van der Waals surface area contributed by atoms with Gasteiger partial charge in [0.25, 0.3) is 1.80 Å². The molecule has 0 saturated carbocycles. The van der Waals surface area contributed by atoms with Crippen LogP contribution >= 0.6 is 45.2 Å². The van der Waals surface area contributed by atoms with E-state index in [2.05, 4.69) is 24.3 Å². The summed E-state index contributed by atoms with van der Waals surface area (Å²) in [7, 11) is 0. The molecule has 0 bridgehead atoms. The summed E-state index contributed by atoms with van der Waals surface area (Å²) in [4.78, 5) is 9.42. The Morgan fingerprint density at radius 3 is 1.62 bits per heavy atom. The smallest absolute Gasteiger partial charge is 0.251 e. The summed E-state index contributed by atoms with van der Waals surface area (Å²) in [5, 5.41) is 0. The van der Waals surface area contributed by atoms with Crippen molar-refractivity contribution < 1.29 is 21.6 Å². The zero-order valence-corrected chi connectivity index (χ0v) is 12.5. The normalized spacial score (nSPS) is 14.3. The minimum atomic E-state index is 0. The molecule has 0 amide bonds. The molecule has 1 aliphatic carbocycles. The van der Waals surface area contributed by atoms with E-state index in [4.69, 9.17) is 0 Å². The van der Waals surface area contributed by atoms with E-state index in [0.717, 1.165) is 0 Å². The number of hydrogen-bond acceptors (Lipinski definition) is 1. The van der Waals surface area contributed by atoms with Crippen molar-refractivity contribution in [3.63, 3.8) is 0 Å². The first-order valence-corrected chi connectivity index (χ1v) is 6.06. The molecule has 0 saturated heterocycles. The molecule has 0 aromatic heterocycles. The van der Waals surface area contributed by atoms with Crippen molar-refractivity contribution in [1.29, 1.82) is 0 Å². The van der Waals surface area contributed by atoms with Crippen molar-refractivity contribution >= 4 is 47.0 Å². The number of carbonyl (C=O) groups excluding carboxylic acids is 1. The third-order valence-electron chi connectivity index (χ3n) is 1.37. The first kappa shape index (κ1) is 16.5. The monoisotopic (exact) mass is 449 g/mol. The molecule has 77 valence electrons. The van der Waals surface area contributed by atoms with Gasteiger partial charge in [-0.2, -0.15) is 0 Å². The van der Waals surface area contributed by atoms with E-state index in [1.165, 1.54) is 25.7 Å². The predicted molar refractivity (Wildman–Crippen MR) is 70.2 cm³/mol. The second-order valence-corrected chi connectivity index (χ2v) is 6.39.